The van der Waals surface area contributed by atoms with E-state index < -0.39 is 0 Å². The maximum atomic E-state index is 5.73. The number of aromatic nitrogens is 4. The number of aromatic amines is 1. The SMILES string of the molecule is COc1ccc2[nH]c(-c3ccc4nc(N)sc4c3)nc2n1. The van der Waals surface area contributed by atoms with Crippen molar-refractivity contribution in [2.45, 2.75) is 0 Å². The molecular formula is C14H11N5OS. The molecule has 0 bridgehead atoms. The number of imidazole rings is 1. The Morgan fingerprint density at radius 3 is 2.90 bits per heavy atom. The van der Waals surface area contributed by atoms with Crippen LogP contribution in [0.15, 0.2) is 30.3 Å². The Kier molecular flexibility index (Phi) is 2.55. The molecule has 21 heavy (non-hydrogen) atoms. The Labute approximate surface area is 123 Å². The molecule has 0 aliphatic heterocycles. The number of nitrogen functional groups attached to an aromatic ring is 1. The zero-order chi connectivity index (χ0) is 14.4. The number of nitrogens with two attached hydrogens (primary N) is 1. The van der Waals surface area contributed by atoms with E-state index in [1.807, 2.05) is 24.3 Å². The highest BCUT2D eigenvalue weighted by Crippen LogP contribution is 2.29. The van der Waals surface area contributed by atoms with Crippen molar-refractivity contribution in [2.24, 2.45) is 0 Å². The van der Waals surface area contributed by atoms with E-state index in [4.69, 9.17) is 10.5 Å². The fourth-order valence-electron chi connectivity index (χ4n) is 2.22. The fourth-order valence-corrected chi connectivity index (χ4v) is 2.99. The van der Waals surface area contributed by atoms with Gasteiger partial charge in [0.1, 0.15) is 5.82 Å². The lowest BCUT2D eigenvalue weighted by Gasteiger charge is -1.95. The van der Waals surface area contributed by atoms with Gasteiger partial charge in [0, 0.05) is 11.6 Å². The first-order valence-corrected chi connectivity index (χ1v) is 7.12. The largest absolute Gasteiger partial charge is 0.481 e. The topological polar surface area (TPSA) is 89.7 Å². The first-order chi connectivity index (χ1) is 10.2. The lowest BCUT2D eigenvalue weighted by molar-refractivity contribution is 0.399. The molecule has 4 aromatic rings. The van der Waals surface area contributed by atoms with Crippen LogP contribution in [0.2, 0.25) is 0 Å². The lowest BCUT2D eigenvalue weighted by atomic mass is 10.2. The second-order valence-electron chi connectivity index (χ2n) is 4.54. The average molecular weight is 297 g/mol. The van der Waals surface area contributed by atoms with Crippen molar-refractivity contribution < 1.29 is 4.74 Å². The van der Waals surface area contributed by atoms with Crippen molar-refractivity contribution in [2.75, 3.05) is 12.8 Å². The number of thiazole rings is 1. The normalized spacial score (nSPS) is 11.3. The Hall–Kier alpha value is -2.67. The number of hydrogen-bond donors (Lipinski definition) is 2. The van der Waals surface area contributed by atoms with Crippen LogP contribution in [0.4, 0.5) is 5.13 Å². The van der Waals surface area contributed by atoms with Gasteiger partial charge in [0.05, 0.1) is 22.8 Å². The van der Waals surface area contributed by atoms with E-state index in [0.29, 0.717) is 16.7 Å². The summed E-state index contributed by atoms with van der Waals surface area (Å²) in [5.74, 6) is 1.31. The van der Waals surface area contributed by atoms with E-state index >= 15 is 0 Å². The van der Waals surface area contributed by atoms with E-state index in [9.17, 15) is 0 Å². The number of ether oxygens (including phenoxy) is 1. The van der Waals surface area contributed by atoms with Crippen LogP contribution in [0.25, 0.3) is 32.8 Å². The number of hydrogen-bond acceptors (Lipinski definition) is 6. The number of H-pyrrole nitrogens is 1. The summed E-state index contributed by atoms with van der Waals surface area (Å²) in [5.41, 5.74) is 9.11. The molecule has 7 heteroatoms. The van der Waals surface area contributed by atoms with Gasteiger partial charge in [0.15, 0.2) is 10.8 Å². The second-order valence-corrected chi connectivity index (χ2v) is 5.61. The molecule has 0 aliphatic carbocycles. The fraction of sp³-hybridized carbons (Fsp3) is 0.0714. The molecule has 0 radical (unpaired) electrons. The standard InChI is InChI=1S/C14H11N5OS/c1-20-11-5-4-9-13(18-11)19-12(16-9)7-2-3-8-10(6-7)21-14(15)17-8/h2-6H,1H3,(H2,15,17)(H,16,18,19). The first-order valence-electron chi connectivity index (χ1n) is 6.30. The summed E-state index contributed by atoms with van der Waals surface area (Å²) in [6.45, 7) is 0. The van der Waals surface area contributed by atoms with Crippen LogP contribution >= 0.6 is 11.3 Å². The van der Waals surface area contributed by atoms with Gasteiger partial charge in [-0.3, -0.25) is 0 Å². The van der Waals surface area contributed by atoms with Crippen LogP contribution in [-0.4, -0.2) is 27.0 Å². The number of benzene rings is 1. The molecule has 0 spiro atoms. The van der Waals surface area contributed by atoms with Gasteiger partial charge in [-0.25, -0.2) is 9.97 Å². The quantitative estimate of drug-likeness (QED) is 0.594. The van der Waals surface area contributed by atoms with E-state index in [2.05, 4.69) is 19.9 Å². The third-order valence-electron chi connectivity index (χ3n) is 3.21. The monoisotopic (exact) mass is 297 g/mol. The smallest absolute Gasteiger partial charge is 0.215 e. The molecule has 0 fully saturated rings. The van der Waals surface area contributed by atoms with Crippen molar-refractivity contribution in [3.05, 3.63) is 30.3 Å². The van der Waals surface area contributed by atoms with Crippen LogP contribution in [0, 0.1) is 0 Å². The Bertz CT molecular complexity index is 958. The predicted octanol–water partition coefficient (Wildman–Crippen LogP) is 2.83. The number of fused-ring (bicyclic) bond motifs is 2. The summed E-state index contributed by atoms with van der Waals surface area (Å²) in [7, 11) is 1.59. The molecule has 0 saturated heterocycles. The van der Waals surface area contributed by atoms with Gasteiger partial charge in [-0.2, -0.15) is 4.98 Å². The molecule has 0 atom stereocenters. The highest BCUT2D eigenvalue weighted by Gasteiger charge is 2.09. The van der Waals surface area contributed by atoms with Crippen LogP contribution in [0.3, 0.4) is 0 Å². The van der Waals surface area contributed by atoms with E-state index in [1.165, 1.54) is 11.3 Å². The van der Waals surface area contributed by atoms with E-state index in [-0.39, 0.29) is 0 Å². The van der Waals surface area contributed by atoms with Crippen LogP contribution in [-0.2, 0) is 0 Å². The second kappa shape index (κ2) is 4.42. The molecule has 3 aromatic heterocycles. The molecule has 4 rings (SSSR count). The number of pyridine rings is 1. The highest BCUT2D eigenvalue weighted by molar-refractivity contribution is 7.22. The highest BCUT2D eigenvalue weighted by atomic mass is 32.1. The Morgan fingerprint density at radius 2 is 2.05 bits per heavy atom. The molecule has 0 unspecified atom stereocenters. The van der Waals surface area contributed by atoms with Gasteiger partial charge >= 0.3 is 0 Å². The minimum absolute atomic E-state index is 0.547. The predicted molar refractivity (Wildman–Crippen MR) is 83.5 cm³/mol. The molecule has 3 heterocycles. The maximum Gasteiger partial charge on any atom is 0.215 e. The molecule has 3 N–H and O–H groups in total. The third-order valence-corrected chi connectivity index (χ3v) is 4.06. The number of anilines is 1. The van der Waals surface area contributed by atoms with Crippen molar-refractivity contribution in [1.82, 2.24) is 19.9 Å². The van der Waals surface area contributed by atoms with Crippen molar-refractivity contribution in [3.8, 4) is 17.3 Å². The average Bonchev–Trinajstić information content (AvgIpc) is 3.07. The Morgan fingerprint density at radius 1 is 1.14 bits per heavy atom. The number of rotatable bonds is 2. The van der Waals surface area contributed by atoms with Crippen LogP contribution in [0.5, 0.6) is 5.88 Å². The minimum Gasteiger partial charge on any atom is -0.481 e. The maximum absolute atomic E-state index is 5.73. The zero-order valence-corrected chi connectivity index (χ0v) is 11.9. The molecule has 0 aliphatic rings. The van der Waals surface area contributed by atoms with Gasteiger partial charge < -0.3 is 15.5 Å². The van der Waals surface area contributed by atoms with E-state index in [1.54, 1.807) is 13.2 Å². The lowest BCUT2D eigenvalue weighted by Crippen LogP contribution is -1.86. The summed E-state index contributed by atoms with van der Waals surface area (Å²) in [4.78, 5) is 16.3. The zero-order valence-electron chi connectivity index (χ0n) is 11.1. The first kappa shape index (κ1) is 12.1. The molecule has 0 saturated carbocycles. The molecular weight excluding hydrogens is 286 g/mol. The minimum atomic E-state index is 0.547. The van der Waals surface area contributed by atoms with Crippen molar-refractivity contribution in [1.29, 1.82) is 0 Å². The summed E-state index contributed by atoms with van der Waals surface area (Å²) >= 11 is 1.46. The summed E-state index contributed by atoms with van der Waals surface area (Å²) in [5, 5.41) is 0.568. The number of nitrogens with one attached hydrogen (secondary N) is 1. The van der Waals surface area contributed by atoms with Gasteiger partial charge in [0.25, 0.3) is 0 Å². The van der Waals surface area contributed by atoms with Gasteiger partial charge in [-0.15, -0.1) is 0 Å². The van der Waals surface area contributed by atoms with Crippen molar-refractivity contribution >= 4 is 37.8 Å². The molecule has 0 amide bonds. The number of nitrogens with zero attached hydrogens (tertiary/aromatic N) is 3. The van der Waals surface area contributed by atoms with Gasteiger partial charge in [-0.05, 0) is 24.3 Å². The molecule has 1 aromatic carbocycles. The third kappa shape index (κ3) is 1.98. The van der Waals surface area contributed by atoms with E-state index in [0.717, 1.165) is 27.1 Å². The van der Waals surface area contributed by atoms with Gasteiger partial charge in [0.2, 0.25) is 5.88 Å². The summed E-state index contributed by atoms with van der Waals surface area (Å²) < 4.78 is 6.15. The summed E-state index contributed by atoms with van der Waals surface area (Å²) in [6.07, 6.45) is 0. The van der Waals surface area contributed by atoms with Crippen LogP contribution < -0.4 is 10.5 Å². The van der Waals surface area contributed by atoms with Crippen LogP contribution in [0.1, 0.15) is 0 Å². The van der Waals surface area contributed by atoms with Crippen molar-refractivity contribution in [3.63, 3.8) is 0 Å². The number of methoxy groups -OCH3 is 1. The molecule has 6 nitrogen and oxygen atoms in total. The summed E-state index contributed by atoms with van der Waals surface area (Å²) in [6, 6.07) is 9.64. The Balaban J connectivity index is 1.86. The van der Waals surface area contributed by atoms with Gasteiger partial charge in [-0.1, -0.05) is 11.3 Å². The molecule has 104 valence electrons.